The number of hydrogen-bond donors (Lipinski definition) is 0. The van der Waals surface area contributed by atoms with E-state index in [0.717, 1.165) is 42.6 Å². The van der Waals surface area contributed by atoms with Gasteiger partial charge in [-0.3, -0.25) is 0 Å². The Kier molecular flexibility index (Phi) is 5.42. The third kappa shape index (κ3) is 3.93. The van der Waals surface area contributed by atoms with Crippen LogP contribution in [0.25, 0.3) is 0 Å². The van der Waals surface area contributed by atoms with E-state index in [1.807, 2.05) is 18.2 Å². The van der Waals surface area contributed by atoms with Gasteiger partial charge in [-0.15, -0.1) is 0 Å². The number of benzene rings is 2. The molecule has 0 fully saturated rings. The molecule has 5 nitrogen and oxygen atoms in total. The zero-order chi connectivity index (χ0) is 19.5. The molecule has 0 N–H and O–H groups in total. The highest BCUT2D eigenvalue weighted by atomic mass is 16.5. The highest BCUT2D eigenvalue weighted by Gasteiger charge is 2.28. The number of nitrogens with zero attached hydrogens (tertiary/aromatic N) is 2. The zero-order valence-electron chi connectivity index (χ0n) is 16.9. The Morgan fingerprint density at radius 2 is 1.93 bits per heavy atom. The fraction of sp³-hybridized carbons (Fsp3) is 0.435. The third-order valence-corrected chi connectivity index (χ3v) is 5.43. The van der Waals surface area contributed by atoms with E-state index in [1.54, 1.807) is 7.11 Å². The van der Waals surface area contributed by atoms with Crippen molar-refractivity contribution in [3.8, 4) is 11.5 Å². The molecule has 0 amide bonds. The fourth-order valence-electron chi connectivity index (χ4n) is 3.63. The molecule has 2 aromatic carbocycles. The summed E-state index contributed by atoms with van der Waals surface area (Å²) in [7, 11) is 1.69. The molecule has 5 heteroatoms. The minimum absolute atomic E-state index is 0.261. The lowest BCUT2D eigenvalue weighted by molar-refractivity contribution is 0.232. The smallest absolute Gasteiger partial charge is 0.288 e. The Bertz CT molecular complexity index is 848. The van der Waals surface area contributed by atoms with E-state index in [1.165, 1.54) is 11.1 Å². The second-order valence-electron chi connectivity index (χ2n) is 7.75. The van der Waals surface area contributed by atoms with Gasteiger partial charge >= 0.3 is 0 Å². The Morgan fingerprint density at radius 3 is 2.64 bits per heavy atom. The van der Waals surface area contributed by atoms with Crippen LogP contribution in [0.3, 0.4) is 0 Å². The molecule has 4 rings (SSSR count). The van der Waals surface area contributed by atoms with Crippen LogP contribution in [-0.4, -0.2) is 37.2 Å². The van der Waals surface area contributed by atoms with Crippen LogP contribution in [-0.2, 0) is 24.3 Å². The lowest BCUT2D eigenvalue weighted by Crippen LogP contribution is -2.36. The third-order valence-electron chi connectivity index (χ3n) is 5.43. The van der Waals surface area contributed by atoms with Gasteiger partial charge in [0.2, 0.25) is 0 Å². The van der Waals surface area contributed by atoms with Gasteiger partial charge in [0.15, 0.2) is 11.5 Å². The first-order valence-electron chi connectivity index (χ1n) is 9.96. The van der Waals surface area contributed by atoms with Crippen LogP contribution >= 0.6 is 0 Å². The summed E-state index contributed by atoms with van der Waals surface area (Å²) in [5, 5.41) is 0. The van der Waals surface area contributed by atoms with Crippen molar-refractivity contribution in [2.75, 3.05) is 20.3 Å². The number of amidine groups is 1. The molecule has 148 valence electrons. The molecule has 0 saturated heterocycles. The number of hydrogen-bond acceptors (Lipinski definition) is 5. The van der Waals surface area contributed by atoms with Crippen molar-refractivity contribution < 1.29 is 14.2 Å². The van der Waals surface area contributed by atoms with Crippen LogP contribution in [0.5, 0.6) is 11.5 Å². The van der Waals surface area contributed by atoms with Crippen molar-refractivity contribution in [3.63, 3.8) is 0 Å². The highest BCUT2D eigenvalue weighted by molar-refractivity contribution is 5.76. The molecule has 2 aromatic rings. The SMILES string of the molecule is COc1cc2c(cc1OCc1ccccc1)CN(C1=N[C@H](C(C)C)CO1)CC2. The summed E-state index contributed by atoms with van der Waals surface area (Å²) in [6.45, 7) is 7.27. The Balaban J connectivity index is 1.51. The Hall–Kier alpha value is -2.69. The zero-order valence-corrected chi connectivity index (χ0v) is 16.9. The number of methoxy groups -OCH3 is 1. The molecule has 0 radical (unpaired) electrons. The first-order chi connectivity index (χ1) is 13.6. The number of ether oxygens (including phenoxy) is 3. The summed E-state index contributed by atoms with van der Waals surface area (Å²) >= 11 is 0. The van der Waals surface area contributed by atoms with Crippen LogP contribution in [0.2, 0.25) is 0 Å². The topological polar surface area (TPSA) is 43.3 Å². The summed E-state index contributed by atoms with van der Waals surface area (Å²) in [5.74, 6) is 2.07. The van der Waals surface area contributed by atoms with Crippen molar-refractivity contribution in [2.45, 2.75) is 39.5 Å². The maximum Gasteiger partial charge on any atom is 0.288 e. The molecular formula is C23H28N2O3. The lowest BCUT2D eigenvalue weighted by Gasteiger charge is -2.30. The summed E-state index contributed by atoms with van der Waals surface area (Å²) < 4.78 is 17.5. The van der Waals surface area contributed by atoms with Crippen LogP contribution in [0, 0.1) is 5.92 Å². The van der Waals surface area contributed by atoms with Crippen LogP contribution in [0.4, 0.5) is 0 Å². The van der Waals surface area contributed by atoms with Gasteiger partial charge in [0.25, 0.3) is 6.02 Å². The largest absolute Gasteiger partial charge is 0.493 e. The number of fused-ring (bicyclic) bond motifs is 1. The predicted molar refractivity (Wildman–Crippen MR) is 110 cm³/mol. The monoisotopic (exact) mass is 380 g/mol. The van der Waals surface area contributed by atoms with Gasteiger partial charge in [0.05, 0.1) is 13.2 Å². The molecule has 2 aliphatic rings. The molecule has 0 unspecified atom stereocenters. The average Bonchev–Trinajstić information content (AvgIpc) is 3.22. The summed E-state index contributed by atoms with van der Waals surface area (Å²) in [4.78, 5) is 7.02. The average molecular weight is 380 g/mol. The second-order valence-corrected chi connectivity index (χ2v) is 7.75. The Morgan fingerprint density at radius 1 is 1.14 bits per heavy atom. The summed E-state index contributed by atoms with van der Waals surface area (Å²) in [6.07, 6.45) is 0.944. The van der Waals surface area contributed by atoms with Crippen molar-refractivity contribution in [1.29, 1.82) is 0 Å². The molecule has 2 heterocycles. The maximum atomic E-state index is 6.08. The van der Waals surface area contributed by atoms with Crippen LogP contribution in [0.1, 0.15) is 30.5 Å². The van der Waals surface area contributed by atoms with E-state index < -0.39 is 0 Å². The van der Waals surface area contributed by atoms with Crippen molar-refractivity contribution >= 4 is 6.02 Å². The van der Waals surface area contributed by atoms with Crippen molar-refractivity contribution in [2.24, 2.45) is 10.9 Å². The molecule has 0 bridgehead atoms. The highest BCUT2D eigenvalue weighted by Crippen LogP contribution is 2.34. The number of rotatable bonds is 5. The molecule has 0 aliphatic carbocycles. The molecule has 0 saturated carbocycles. The van der Waals surface area contributed by atoms with Gasteiger partial charge < -0.3 is 19.1 Å². The van der Waals surface area contributed by atoms with E-state index >= 15 is 0 Å². The van der Waals surface area contributed by atoms with E-state index in [-0.39, 0.29) is 6.04 Å². The maximum absolute atomic E-state index is 6.08. The van der Waals surface area contributed by atoms with Gasteiger partial charge in [0, 0.05) is 13.1 Å². The van der Waals surface area contributed by atoms with Gasteiger partial charge in [-0.25, -0.2) is 4.99 Å². The number of aliphatic imine (C=N–C) groups is 1. The quantitative estimate of drug-likeness (QED) is 0.785. The first kappa shape index (κ1) is 18.7. The molecule has 28 heavy (non-hydrogen) atoms. The molecule has 0 aromatic heterocycles. The molecular weight excluding hydrogens is 352 g/mol. The first-order valence-corrected chi connectivity index (χ1v) is 9.96. The summed E-state index contributed by atoms with van der Waals surface area (Å²) in [5.41, 5.74) is 3.69. The van der Waals surface area contributed by atoms with Gasteiger partial charge in [-0.1, -0.05) is 44.2 Å². The predicted octanol–water partition coefficient (Wildman–Crippen LogP) is 4.04. The van der Waals surface area contributed by atoms with Crippen LogP contribution in [0.15, 0.2) is 47.5 Å². The van der Waals surface area contributed by atoms with Crippen molar-refractivity contribution in [1.82, 2.24) is 4.90 Å². The summed E-state index contributed by atoms with van der Waals surface area (Å²) in [6, 6.07) is 15.4. The minimum atomic E-state index is 0.261. The molecule has 1 atom stereocenters. The fourth-order valence-corrected chi connectivity index (χ4v) is 3.63. The second kappa shape index (κ2) is 8.13. The van der Waals surface area contributed by atoms with Gasteiger partial charge in [-0.2, -0.15) is 0 Å². The minimum Gasteiger partial charge on any atom is -0.493 e. The van der Waals surface area contributed by atoms with Gasteiger partial charge in [0.1, 0.15) is 13.2 Å². The van der Waals surface area contributed by atoms with Gasteiger partial charge in [-0.05, 0) is 41.2 Å². The van der Waals surface area contributed by atoms with E-state index in [9.17, 15) is 0 Å². The van der Waals surface area contributed by atoms with Crippen LogP contribution < -0.4 is 9.47 Å². The van der Waals surface area contributed by atoms with E-state index in [4.69, 9.17) is 19.2 Å². The molecule has 0 spiro atoms. The standard InChI is InChI=1S/C23H28N2O3/c1-16(2)20-15-28-23(24-20)25-10-9-18-11-21(26-3)22(12-19(18)13-25)27-14-17-7-5-4-6-8-17/h4-8,11-12,16,20H,9-10,13-15H2,1-3H3/t20-/m0/s1. The Labute approximate surface area is 166 Å². The van der Waals surface area contributed by atoms with Crippen molar-refractivity contribution in [3.05, 3.63) is 59.2 Å². The van der Waals surface area contributed by atoms with E-state index in [2.05, 4.69) is 43.0 Å². The molecule has 2 aliphatic heterocycles. The lowest BCUT2D eigenvalue weighted by atomic mass is 9.99. The normalized spacial score (nSPS) is 18.5. The van der Waals surface area contributed by atoms with E-state index in [0.29, 0.717) is 19.1 Å².